The van der Waals surface area contributed by atoms with Gasteiger partial charge in [-0.25, -0.2) is 0 Å². The molecule has 0 spiro atoms. The van der Waals surface area contributed by atoms with Crippen LogP contribution in [0.15, 0.2) is 12.2 Å². The lowest BCUT2D eigenvalue weighted by Gasteiger charge is -2.13. The van der Waals surface area contributed by atoms with Crippen LogP contribution in [0.5, 0.6) is 0 Å². The number of carboxylic acid groups (broad SMARTS) is 1. The number of aliphatic carboxylic acids is 1. The zero-order chi connectivity index (χ0) is 10.2. The number of rotatable bonds is 7. The average molecular weight is 197 g/mol. The highest BCUT2D eigenvalue weighted by molar-refractivity contribution is 5.66. The van der Waals surface area contributed by atoms with E-state index < -0.39 is 5.97 Å². The highest BCUT2D eigenvalue weighted by atomic mass is 16.4. The highest BCUT2D eigenvalue weighted by Crippen LogP contribution is 2.06. The van der Waals surface area contributed by atoms with Crippen molar-refractivity contribution in [3.05, 3.63) is 12.2 Å². The van der Waals surface area contributed by atoms with Crippen molar-refractivity contribution in [1.82, 2.24) is 4.90 Å². The number of carboxylic acids is 1. The zero-order valence-electron chi connectivity index (χ0n) is 8.61. The van der Waals surface area contributed by atoms with Crippen molar-refractivity contribution in [2.45, 2.75) is 32.1 Å². The van der Waals surface area contributed by atoms with Crippen molar-refractivity contribution >= 4 is 5.97 Å². The molecule has 1 heterocycles. The quantitative estimate of drug-likeness (QED) is 0.500. The van der Waals surface area contributed by atoms with Gasteiger partial charge in [0.15, 0.2) is 0 Å². The molecule has 0 unspecified atom stereocenters. The minimum absolute atomic E-state index is 0.325. The third-order valence-electron chi connectivity index (χ3n) is 2.51. The van der Waals surface area contributed by atoms with E-state index in [-0.39, 0.29) is 0 Å². The molecular formula is C11H19NO2. The lowest BCUT2D eigenvalue weighted by molar-refractivity contribution is -0.137. The number of carbonyl (C=O) groups is 1. The molecule has 1 aliphatic rings. The normalized spacial score (nSPS) is 16.3. The van der Waals surface area contributed by atoms with Crippen molar-refractivity contribution in [1.29, 1.82) is 0 Å². The predicted molar refractivity (Wildman–Crippen MR) is 56.3 cm³/mol. The SMILES string of the molecule is O=C(O)CCCCCCN1CC=CC1. The van der Waals surface area contributed by atoms with Crippen LogP contribution in [0.1, 0.15) is 32.1 Å². The van der Waals surface area contributed by atoms with E-state index in [1.807, 2.05) is 0 Å². The Balaban J connectivity index is 1.82. The molecule has 0 bridgehead atoms. The molecule has 0 aromatic carbocycles. The fraction of sp³-hybridized carbons (Fsp3) is 0.727. The molecule has 0 aromatic rings. The Morgan fingerprint density at radius 1 is 1.14 bits per heavy atom. The largest absolute Gasteiger partial charge is 0.481 e. The standard InChI is InChI=1S/C11H19NO2/c13-11(14)7-3-1-2-4-8-12-9-5-6-10-12/h5-6H,1-4,7-10H2,(H,13,14). The van der Waals surface area contributed by atoms with Gasteiger partial charge in [-0.05, 0) is 19.4 Å². The van der Waals surface area contributed by atoms with Crippen LogP contribution < -0.4 is 0 Å². The smallest absolute Gasteiger partial charge is 0.303 e. The van der Waals surface area contributed by atoms with E-state index in [2.05, 4.69) is 17.1 Å². The Bertz CT molecular complexity index is 193. The van der Waals surface area contributed by atoms with Crippen LogP contribution in [-0.4, -0.2) is 35.6 Å². The van der Waals surface area contributed by atoms with Gasteiger partial charge in [0.2, 0.25) is 0 Å². The summed E-state index contributed by atoms with van der Waals surface area (Å²) in [7, 11) is 0. The van der Waals surface area contributed by atoms with E-state index in [1.54, 1.807) is 0 Å². The molecule has 0 fully saturated rings. The summed E-state index contributed by atoms with van der Waals surface area (Å²) >= 11 is 0. The molecule has 3 heteroatoms. The van der Waals surface area contributed by atoms with Gasteiger partial charge in [0.1, 0.15) is 0 Å². The highest BCUT2D eigenvalue weighted by Gasteiger charge is 2.04. The second-order valence-corrected chi connectivity index (χ2v) is 3.79. The molecule has 0 atom stereocenters. The minimum atomic E-state index is -0.672. The van der Waals surface area contributed by atoms with Crippen molar-refractivity contribution in [2.24, 2.45) is 0 Å². The lowest BCUT2D eigenvalue weighted by Crippen LogP contribution is -2.20. The maximum Gasteiger partial charge on any atom is 0.303 e. The van der Waals surface area contributed by atoms with Crippen LogP contribution in [0.3, 0.4) is 0 Å². The number of unbranched alkanes of at least 4 members (excludes halogenated alkanes) is 3. The molecule has 1 N–H and O–H groups in total. The monoisotopic (exact) mass is 197 g/mol. The molecule has 0 radical (unpaired) electrons. The van der Waals surface area contributed by atoms with E-state index in [4.69, 9.17) is 5.11 Å². The van der Waals surface area contributed by atoms with Crippen LogP contribution in [0.4, 0.5) is 0 Å². The first kappa shape index (κ1) is 11.2. The van der Waals surface area contributed by atoms with E-state index in [0.717, 1.165) is 38.9 Å². The van der Waals surface area contributed by atoms with Crippen molar-refractivity contribution in [2.75, 3.05) is 19.6 Å². The van der Waals surface area contributed by atoms with Crippen molar-refractivity contribution < 1.29 is 9.90 Å². The first-order valence-corrected chi connectivity index (χ1v) is 5.38. The molecule has 0 aliphatic carbocycles. The van der Waals surface area contributed by atoms with Gasteiger partial charge >= 0.3 is 5.97 Å². The summed E-state index contributed by atoms with van der Waals surface area (Å²) in [5.74, 6) is -0.672. The summed E-state index contributed by atoms with van der Waals surface area (Å²) in [6.07, 6.45) is 8.95. The maximum absolute atomic E-state index is 10.2. The second-order valence-electron chi connectivity index (χ2n) is 3.79. The molecule has 3 nitrogen and oxygen atoms in total. The number of hydrogen-bond acceptors (Lipinski definition) is 2. The molecule has 80 valence electrons. The lowest BCUT2D eigenvalue weighted by atomic mass is 10.1. The summed E-state index contributed by atoms with van der Waals surface area (Å²) in [5, 5.41) is 8.43. The Kier molecular flexibility index (Phi) is 5.30. The molecule has 1 aliphatic heterocycles. The van der Waals surface area contributed by atoms with Gasteiger partial charge in [-0.2, -0.15) is 0 Å². The molecule has 0 saturated carbocycles. The number of hydrogen-bond donors (Lipinski definition) is 1. The predicted octanol–water partition coefficient (Wildman–Crippen LogP) is 1.89. The summed E-state index contributed by atoms with van der Waals surface area (Å²) in [4.78, 5) is 12.6. The van der Waals surface area contributed by atoms with Gasteiger partial charge in [-0.15, -0.1) is 0 Å². The molecule has 1 rings (SSSR count). The third kappa shape index (κ3) is 5.02. The third-order valence-corrected chi connectivity index (χ3v) is 2.51. The van der Waals surface area contributed by atoms with Gasteiger partial charge in [-0.3, -0.25) is 9.69 Å². The van der Waals surface area contributed by atoms with Gasteiger partial charge in [-0.1, -0.05) is 25.0 Å². The van der Waals surface area contributed by atoms with Crippen molar-refractivity contribution in [3.63, 3.8) is 0 Å². The maximum atomic E-state index is 10.2. The average Bonchev–Trinajstić information content (AvgIpc) is 2.63. The van der Waals surface area contributed by atoms with Crippen molar-refractivity contribution in [3.8, 4) is 0 Å². The van der Waals surface area contributed by atoms with Crippen LogP contribution in [0.25, 0.3) is 0 Å². The fourth-order valence-corrected chi connectivity index (χ4v) is 1.67. The summed E-state index contributed by atoms with van der Waals surface area (Å²) in [6.45, 7) is 3.34. The minimum Gasteiger partial charge on any atom is -0.481 e. The fourth-order valence-electron chi connectivity index (χ4n) is 1.67. The second kappa shape index (κ2) is 6.60. The molecule has 0 saturated heterocycles. The van der Waals surface area contributed by atoms with Gasteiger partial charge in [0, 0.05) is 19.5 Å². The van der Waals surface area contributed by atoms with Crippen LogP contribution in [0, 0.1) is 0 Å². The molecule has 0 aromatic heterocycles. The summed E-state index contributed by atoms with van der Waals surface area (Å²) in [6, 6.07) is 0. The molecular weight excluding hydrogens is 178 g/mol. The van der Waals surface area contributed by atoms with E-state index in [0.29, 0.717) is 6.42 Å². The zero-order valence-corrected chi connectivity index (χ0v) is 8.61. The van der Waals surface area contributed by atoms with E-state index in [1.165, 1.54) is 6.42 Å². The summed E-state index contributed by atoms with van der Waals surface area (Å²) in [5.41, 5.74) is 0. The Labute approximate surface area is 85.4 Å². The molecule has 14 heavy (non-hydrogen) atoms. The van der Waals surface area contributed by atoms with Gasteiger partial charge in [0.25, 0.3) is 0 Å². The first-order chi connectivity index (χ1) is 6.79. The topological polar surface area (TPSA) is 40.5 Å². The Hall–Kier alpha value is -0.830. The van der Waals surface area contributed by atoms with Crippen LogP contribution in [0.2, 0.25) is 0 Å². The van der Waals surface area contributed by atoms with Gasteiger partial charge in [0.05, 0.1) is 0 Å². The van der Waals surface area contributed by atoms with Crippen LogP contribution in [-0.2, 0) is 4.79 Å². The Morgan fingerprint density at radius 3 is 2.43 bits per heavy atom. The van der Waals surface area contributed by atoms with E-state index in [9.17, 15) is 4.79 Å². The summed E-state index contributed by atoms with van der Waals surface area (Å²) < 4.78 is 0. The first-order valence-electron chi connectivity index (χ1n) is 5.38. The van der Waals surface area contributed by atoms with Gasteiger partial charge < -0.3 is 5.11 Å². The van der Waals surface area contributed by atoms with Crippen LogP contribution >= 0.6 is 0 Å². The van der Waals surface area contributed by atoms with E-state index >= 15 is 0 Å². The number of nitrogens with zero attached hydrogens (tertiary/aromatic N) is 1. The Morgan fingerprint density at radius 2 is 1.79 bits per heavy atom. The molecule has 0 amide bonds.